The van der Waals surface area contributed by atoms with Crippen LogP contribution in [-0.2, 0) is 12.7 Å². The molecule has 6 nitrogen and oxygen atoms in total. The number of hydrogen-bond donors (Lipinski definition) is 1. The Bertz CT molecular complexity index is 580. The first-order valence-electron chi connectivity index (χ1n) is 6.64. The second-order valence-electron chi connectivity index (χ2n) is 5.10. The number of alkyl halides is 3. The average Bonchev–Trinajstić information content (AvgIpc) is 3.09. The highest BCUT2D eigenvalue weighted by Crippen LogP contribution is 2.28. The van der Waals surface area contributed by atoms with Crippen molar-refractivity contribution in [2.45, 2.75) is 31.5 Å². The van der Waals surface area contributed by atoms with Crippen LogP contribution in [0.4, 0.5) is 13.2 Å². The fourth-order valence-corrected chi connectivity index (χ4v) is 2.57. The van der Waals surface area contributed by atoms with E-state index in [0.717, 1.165) is 31.6 Å². The molecular formula is C12H14F3N5O. The van der Waals surface area contributed by atoms with Crippen molar-refractivity contribution in [2.24, 2.45) is 0 Å². The Morgan fingerprint density at radius 3 is 2.95 bits per heavy atom. The molecule has 3 heterocycles. The Morgan fingerprint density at radius 2 is 2.29 bits per heavy atom. The summed E-state index contributed by atoms with van der Waals surface area (Å²) < 4.78 is 41.9. The van der Waals surface area contributed by atoms with Crippen molar-refractivity contribution in [3.8, 4) is 0 Å². The summed E-state index contributed by atoms with van der Waals surface area (Å²) >= 11 is 0. The maximum absolute atomic E-state index is 12.4. The molecule has 1 N–H and O–H groups in total. The van der Waals surface area contributed by atoms with Gasteiger partial charge < -0.3 is 4.52 Å². The van der Waals surface area contributed by atoms with Gasteiger partial charge in [-0.15, -0.1) is 0 Å². The van der Waals surface area contributed by atoms with E-state index in [1.54, 1.807) is 6.20 Å². The number of aromatic nitrogens is 4. The van der Waals surface area contributed by atoms with Crippen molar-refractivity contribution in [3.63, 3.8) is 0 Å². The Kier molecular flexibility index (Phi) is 3.66. The minimum atomic E-state index is -4.57. The largest absolute Gasteiger partial charge is 0.455 e. The zero-order valence-corrected chi connectivity index (χ0v) is 11.1. The van der Waals surface area contributed by atoms with Crippen LogP contribution in [0.25, 0.3) is 0 Å². The predicted octanol–water partition coefficient (Wildman–Crippen LogP) is 2.19. The van der Waals surface area contributed by atoms with Crippen molar-refractivity contribution in [3.05, 3.63) is 29.7 Å². The maximum Gasteiger partial charge on any atom is 0.455 e. The summed E-state index contributed by atoms with van der Waals surface area (Å²) in [6, 6.07) is 1.92. The van der Waals surface area contributed by atoms with Crippen LogP contribution < -0.4 is 0 Å². The van der Waals surface area contributed by atoms with E-state index in [-0.39, 0.29) is 12.4 Å². The number of likely N-dealkylation sites (tertiary alicyclic amines) is 1. The molecule has 0 aliphatic carbocycles. The highest BCUT2D eigenvalue weighted by Gasteiger charge is 2.37. The lowest BCUT2D eigenvalue weighted by atomic mass is 9.95. The Hall–Kier alpha value is -1.90. The molecule has 0 aromatic carbocycles. The van der Waals surface area contributed by atoms with E-state index in [9.17, 15) is 13.2 Å². The van der Waals surface area contributed by atoms with Gasteiger partial charge in [0.1, 0.15) is 0 Å². The molecule has 114 valence electrons. The number of halogens is 3. The molecule has 1 atom stereocenters. The van der Waals surface area contributed by atoms with E-state index >= 15 is 0 Å². The fraction of sp³-hybridized carbons (Fsp3) is 0.583. The van der Waals surface area contributed by atoms with Crippen LogP contribution in [0.15, 0.2) is 16.8 Å². The molecule has 3 rings (SSSR count). The molecule has 1 saturated heterocycles. The summed E-state index contributed by atoms with van der Waals surface area (Å²) in [5.74, 6) is -0.932. The summed E-state index contributed by atoms with van der Waals surface area (Å²) in [6.07, 6.45) is -0.885. The summed E-state index contributed by atoms with van der Waals surface area (Å²) in [5.41, 5.74) is 1.04. The van der Waals surface area contributed by atoms with Crippen molar-refractivity contribution in [2.75, 3.05) is 13.1 Å². The number of H-pyrrole nitrogens is 1. The minimum Gasteiger partial charge on any atom is -0.338 e. The normalized spacial score (nSPS) is 20.8. The highest BCUT2D eigenvalue weighted by atomic mass is 19.4. The number of nitrogens with zero attached hydrogens (tertiary/aromatic N) is 4. The van der Waals surface area contributed by atoms with Gasteiger partial charge in [-0.05, 0) is 25.5 Å². The van der Waals surface area contributed by atoms with Crippen molar-refractivity contribution in [1.82, 2.24) is 25.2 Å². The van der Waals surface area contributed by atoms with E-state index < -0.39 is 12.0 Å². The minimum absolute atomic E-state index is 0.00687. The van der Waals surface area contributed by atoms with E-state index in [2.05, 4.69) is 24.9 Å². The standard InChI is InChI=1S/C12H14F3N5O/c13-12(14,15)11-17-10(21-19-11)7-20-5-1-2-8(6-20)9-3-4-16-18-9/h3-4,8H,1-2,5-7H2,(H,16,18). The van der Waals surface area contributed by atoms with Crippen molar-refractivity contribution < 1.29 is 17.7 Å². The Labute approximate surface area is 118 Å². The molecule has 21 heavy (non-hydrogen) atoms. The van der Waals surface area contributed by atoms with Crippen LogP contribution >= 0.6 is 0 Å². The van der Waals surface area contributed by atoms with Gasteiger partial charge in [-0.2, -0.15) is 23.3 Å². The second kappa shape index (κ2) is 5.47. The maximum atomic E-state index is 12.4. The van der Waals surface area contributed by atoms with E-state index in [1.165, 1.54) is 0 Å². The van der Waals surface area contributed by atoms with Gasteiger partial charge >= 0.3 is 6.18 Å². The van der Waals surface area contributed by atoms with Gasteiger partial charge in [0, 0.05) is 24.4 Å². The zero-order valence-electron chi connectivity index (χ0n) is 11.1. The molecule has 9 heteroatoms. The van der Waals surface area contributed by atoms with Gasteiger partial charge in [-0.1, -0.05) is 5.16 Å². The van der Waals surface area contributed by atoms with Gasteiger partial charge in [-0.25, -0.2) is 0 Å². The second-order valence-corrected chi connectivity index (χ2v) is 5.10. The van der Waals surface area contributed by atoms with Crippen LogP contribution in [0.5, 0.6) is 0 Å². The summed E-state index contributed by atoms with van der Waals surface area (Å²) in [7, 11) is 0. The zero-order chi connectivity index (χ0) is 14.9. The molecule has 1 aliphatic heterocycles. The number of piperidine rings is 1. The third kappa shape index (κ3) is 3.23. The molecule has 2 aromatic rings. The smallest absolute Gasteiger partial charge is 0.338 e. The lowest BCUT2D eigenvalue weighted by Gasteiger charge is -2.30. The number of rotatable bonds is 3. The lowest BCUT2D eigenvalue weighted by Crippen LogP contribution is -2.34. The SMILES string of the molecule is FC(F)(F)c1noc(CN2CCCC(c3ccn[nH]3)C2)n1. The Balaban J connectivity index is 1.63. The molecule has 0 spiro atoms. The number of aromatic amines is 1. The van der Waals surface area contributed by atoms with E-state index in [4.69, 9.17) is 0 Å². The molecule has 1 unspecified atom stereocenters. The van der Waals surface area contributed by atoms with Gasteiger partial charge in [0.25, 0.3) is 5.82 Å². The molecule has 1 aliphatic rings. The van der Waals surface area contributed by atoms with E-state index in [1.807, 2.05) is 11.0 Å². The summed E-state index contributed by atoms with van der Waals surface area (Å²) in [4.78, 5) is 5.42. The third-order valence-electron chi connectivity index (χ3n) is 3.55. The first-order chi connectivity index (χ1) is 10.0. The van der Waals surface area contributed by atoms with Crippen LogP contribution in [0.2, 0.25) is 0 Å². The highest BCUT2D eigenvalue weighted by molar-refractivity contribution is 5.07. The predicted molar refractivity (Wildman–Crippen MR) is 65.1 cm³/mol. The first kappa shape index (κ1) is 14.1. The third-order valence-corrected chi connectivity index (χ3v) is 3.55. The summed E-state index contributed by atoms with van der Waals surface area (Å²) in [6.45, 7) is 1.76. The van der Waals surface area contributed by atoms with Crippen LogP contribution in [0.1, 0.15) is 36.2 Å². The van der Waals surface area contributed by atoms with Gasteiger partial charge in [0.05, 0.1) is 6.54 Å². The molecule has 0 amide bonds. The number of nitrogens with one attached hydrogen (secondary N) is 1. The average molecular weight is 301 g/mol. The van der Waals surface area contributed by atoms with Gasteiger partial charge in [0.2, 0.25) is 5.89 Å². The molecule has 0 saturated carbocycles. The molecule has 2 aromatic heterocycles. The van der Waals surface area contributed by atoms with Crippen LogP contribution in [0, 0.1) is 0 Å². The van der Waals surface area contributed by atoms with Crippen LogP contribution in [0.3, 0.4) is 0 Å². The monoisotopic (exact) mass is 301 g/mol. The van der Waals surface area contributed by atoms with Gasteiger partial charge in [0.15, 0.2) is 0 Å². The molecule has 0 radical (unpaired) electrons. The topological polar surface area (TPSA) is 70.8 Å². The number of hydrogen-bond acceptors (Lipinski definition) is 5. The van der Waals surface area contributed by atoms with Crippen LogP contribution in [-0.4, -0.2) is 38.3 Å². The van der Waals surface area contributed by atoms with Gasteiger partial charge in [-0.3, -0.25) is 10.00 Å². The van der Waals surface area contributed by atoms with Crippen molar-refractivity contribution in [1.29, 1.82) is 0 Å². The fourth-order valence-electron chi connectivity index (χ4n) is 2.57. The molecular weight excluding hydrogens is 287 g/mol. The molecule has 0 bridgehead atoms. The van der Waals surface area contributed by atoms with Crippen molar-refractivity contribution >= 4 is 0 Å². The first-order valence-corrected chi connectivity index (χ1v) is 6.64. The molecule has 1 fully saturated rings. The summed E-state index contributed by atoms with van der Waals surface area (Å²) in [5, 5.41) is 9.83. The van der Waals surface area contributed by atoms with E-state index in [0.29, 0.717) is 5.92 Å². The Morgan fingerprint density at radius 1 is 1.43 bits per heavy atom. The quantitative estimate of drug-likeness (QED) is 0.941. The lowest BCUT2D eigenvalue weighted by molar-refractivity contribution is -0.146.